The molecule has 0 saturated carbocycles. The van der Waals surface area contributed by atoms with Crippen LogP contribution in [0.4, 0.5) is 5.13 Å². The highest BCUT2D eigenvalue weighted by Crippen LogP contribution is 2.33. The molecule has 0 bridgehead atoms. The van der Waals surface area contributed by atoms with Crippen molar-refractivity contribution in [2.75, 3.05) is 3.82 Å². The lowest BCUT2D eigenvalue weighted by atomic mass is 10.0. The van der Waals surface area contributed by atoms with Crippen LogP contribution in [0.15, 0.2) is 58.8 Å². The Kier molecular flexibility index (Phi) is 5.34. The second kappa shape index (κ2) is 7.36. The summed E-state index contributed by atoms with van der Waals surface area (Å²) in [5.74, 6) is 0. The standard InChI is InChI=1S/C18H17ClN2O3S2/c1-12-7-3-5-9-14(12)17(22)15-11-25-18(20-15)21(19)26(23,24)16-10-6-4-8-13(16)2/h3-11,17,22H,1-2H3. The van der Waals surface area contributed by atoms with Crippen molar-refractivity contribution < 1.29 is 13.5 Å². The first-order chi connectivity index (χ1) is 12.3. The van der Waals surface area contributed by atoms with Gasteiger partial charge in [-0.25, -0.2) is 4.98 Å². The topological polar surface area (TPSA) is 70.5 Å². The third-order valence-corrected chi connectivity index (χ3v) is 7.38. The van der Waals surface area contributed by atoms with Gasteiger partial charge in [0, 0.05) is 17.2 Å². The molecule has 0 amide bonds. The minimum atomic E-state index is -3.94. The number of benzene rings is 2. The summed E-state index contributed by atoms with van der Waals surface area (Å²) >= 11 is 7.17. The fraction of sp³-hybridized carbons (Fsp3) is 0.167. The summed E-state index contributed by atoms with van der Waals surface area (Å²) in [6.45, 7) is 3.59. The third-order valence-electron chi connectivity index (χ3n) is 4.01. The van der Waals surface area contributed by atoms with Crippen molar-refractivity contribution in [3.63, 3.8) is 0 Å². The van der Waals surface area contributed by atoms with Gasteiger partial charge in [-0.05, 0) is 36.6 Å². The zero-order chi connectivity index (χ0) is 18.9. The zero-order valence-corrected chi connectivity index (χ0v) is 16.5. The lowest BCUT2D eigenvalue weighted by Gasteiger charge is -2.15. The molecule has 136 valence electrons. The van der Waals surface area contributed by atoms with E-state index in [1.807, 2.05) is 31.2 Å². The minimum Gasteiger partial charge on any atom is -0.382 e. The maximum Gasteiger partial charge on any atom is 0.280 e. The smallest absolute Gasteiger partial charge is 0.280 e. The molecule has 1 atom stereocenters. The van der Waals surface area contributed by atoms with Gasteiger partial charge in [-0.1, -0.05) is 42.5 Å². The Hall–Kier alpha value is -1.93. The highest BCUT2D eigenvalue weighted by atomic mass is 35.5. The molecule has 0 fully saturated rings. The quantitative estimate of drug-likeness (QED) is 0.642. The maximum absolute atomic E-state index is 12.8. The van der Waals surface area contributed by atoms with Gasteiger partial charge in [-0.3, -0.25) is 0 Å². The zero-order valence-electron chi connectivity index (χ0n) is 14.1. The highest BCUT2D eigenvalue weighted by Gasteiger charge is 2.28. The number of anilines is 1. The third kappa shape index (κ3) is 3.48. The highest BCUT2D eigenvalue weighted by molar-refractivity contribution is 7.94. The van der Waals surface area contributed by atoms with E-state index in [2.05, 4.69) is 4.98 Å². The Morgan fingerprint density at radius 2 is 1.69 bits per heavy atom. The maximum atomic E-state index is 12.8. The normalized spacial score (nSPS) is 12.8. The van der Waals surface area contributed by atoms with E-state index in [0.29, 0.717) is 20.6 Å². The Labute approximate surface area is 161 Å². The summed E-state index contributed by atoms with van der Waals surface area (Å²) < 4.78 is 26.1. The molecule has 5 nitrogen and oxygen atoms in total. The van der Waals surface area contributed by atoms with Crippen LogP contribution in [0.3, 0.4) is 0 Å². The van der Waals surface area contributed by atoms with Gasteiger partial charge < -0.3 is 5.11 Å². The van der Waals surface area contributed by atoms with E-state index in [1.165, 1.54) is 6.07 Å². The first-order valence-corrected chi connectivity index (χ1v) is 10.4. The van der Waals surface area contributed by atoms with Gasteiger partial charge in [0.25, 0.3) is 10.0 Å². The Morgan fingerprint density at radius 3 is 2.35 bits per heavy atom. The second-order valence-corrected chi connectivity index (χ2v) is 8.93. The van der Waals surface area contributed by atoms with Crippen LogP contribution in [0.25, 0.3) is 0 Å². The number of aliphatic hydroxyl groups is 1. The first-order valence-electron chi connectivity index (χ1n) is 7.78. The van der Waals surface area contributed by atoms with Crippen LogP contribution in [0.2, 0.25) is 0 Å². The van der Waals surface area contributed by atoms with Crippen LogP contribution in [-0.4, -0.2) is 18.5 Å². The van der Waals surface area contributed by atoms with Crippen molar-refractivity contribution in [2.45, 2.75) is 24.8 Å². The molecule has 0 aliphatic heterocycles. The van der Waals surface area contributed by atoms with Gasteiger partial charge in [0.15, 0.2) is 0 Å². The molecule has 0 radical (unpaired) electrons. The molecule has 3 rings (SSSR count). The molecule has 0 spiro atoms. The second-order valence-electron chi connectivity index (χ2n) is 5.80. The van der Waals surface area contributed by atoms with Crippen molar-refractivity contribution in [1.82, 2.24) is 4.98 Å². The fourth-order valence-corrected chi connectivity index (χ4v) is 5.17. The van der Waals surface area contributed by atoms with E-state index >= 15 is 0 Å². The van der Waals surface area contributed by atoms with E-state index < -0.39 is 16.1 Å². The molecule has 1 heterocycles. The Bertz CT molecular complexity index is 1030. The number of aliphatic hydroxyl groups excluding tert-OH is 1. The molecule has 26 heavy (non-hydrogen) atoms. The van der Waals surface area contributed by atoms with Crippen LogP contribution >= 0.6 is 23.1 Å². The predicted molar refractivity (Wildman–Crippen MR) is 104 cm³/mol. The van der Waals surface area contributed by atoms with E-state index in [1.54, 1.807) is 30.5 Å². The molecular formula is C18H17ClN2O3S2. The molecule has 0 aliphatic carbocycles. The number of hydrogen-bond donors (Lipinski definition) is 1. The van der Waals surface area contributed by atoms with Crippen molar-refractivity contribution in [3.05, 3.63) is 76.3 Å². The number of halogens is 1. The summed E-state index contributed by atoms with van der Waals surface area (Å²) in [5, 5.41) is 12.3. The van der Waals surface area contributed by atoms with E-state index in [4.69, 9.17) is 11.8 Å². The molecule has 1 N–H and O–H groups in total. The lowest BCUT2D eigenvalue weighted by molar-refractivity contribution is 0.215. The number of nitrogens with zero attached hydrogens (tertiary/aromatic N) is 2. The van der Waals surface area contributed by atoms with Crippen LogP contribution in [-0.2, 0) is 10.0 Å². The number of rotatable bonds is 5. The van der Waals surface area contributed by atoms with Crippen LogP contribution in [0.5, 0.6) is 0 Å². The summed E-state index contributed by atoms with van der Waals surface area (Å²) in [6.07, 6.45) is -0.951. The monoisotopic (exact) mass is 408 g/mol. The number of hydrogen-bond acceptors (Lipinski definition) is 5. The van der Waals surface area contributed by atoms with Gasteiger partial charge in [-0.2, -0.15) is 8.42 Å². The van der Waals surface area contributed by atoms with E-state index in [-0.39, 0.29) is 10.0 Å². The Balaban J connectivity index is 1.92. The van der Waals surface area contributed by atoms with Crippen LogP contribution in [0, 0.1) is 13.8 Å². The predicted octanol–water partition coefficient (Wildman–Crippen LogP) is 4.19. The molecule has 3 aromatic rings. The summed E-state index contributed by atoms with van der Waals surface area (Å²) in [5.41, 5.74) is 2.58. The largest absolute Gasteiger partial charge is 0.382 e. The van der Waals surface area contributed by atoms with Crippen molar-refractivity contribution in [2.24, 2.45) is 0 Å². The van der Waals surface area contributed by atoms with Gasteiger partial charge in [-0.15, -0.1) is 15.2 Å². The average molecular weight is 409 g/mol. The molecule has 1 unspecified atom stereocenters. The number of sulfonamides is 1. The minimum absolute atomic E-state index is 0.0811. The number of aryl methyl sites for hydroxylation is 2. The van der Waals surface area contributed by atoms with Gasteiger partial charge in [0.05, 0.1) is 10.6 Å². The van der Waals surface area contributed by atoms with Crippen LogP contribution < -0.4 is 3.82 Å². The summed E-state index contributed by atoms with van der Waals surface area (Å²) in [7, 11) is -3.94. The molecule has 0 aliphatic rings. The molecule has 2 aromatic carbocycles. The first kappa shape index (κ1) is 18.8. The molecular weight excluding hydrogens is 392 g/mol. The van der Waals surface area contributed by atoms with Crippen molar-refractivity contribution >= 4 is 38.3 Å². The summed E-state index contributed by atoms with van der Waals surface area (Å²) in [6, 6.07) is 14.0. The number of aromatic nitrogens is 1. The van der Waals surface area contributed by atoms with Gasteiger partial charge in [0.1, 0.15) is 6.10 Å². The molecule has 8 heteroatoms. The average Bonchev–Trinajstić information content (AvgIpc) is 3.11. The molecule has 1 aromatic heterocycles. The van der Waals surface area contributed by atoms with Crippen molar-refractivity contribution in [3.8, 4) is 0 Å². The van der Waals surface area contributed by atoms with E-state index in [9.17, 15) is 13.5 Å². The number of thiazole rings is 1. The SMILES string of the molecule is Cc1ccccc1C(O)c1csc(N(Cl)S(=O)(=O)c2ccccc2C)n1. The van der Waals surface area contributed by atoms with Gasteiger partial charge in [0.2, 0.25) is 5.13 Å². The lowest BCUT2D eigenvalue weighted by Crippen LogP contribution is -2.22. The van der Waals surface area contributed by atoms with Gasteiger partial charge >= 0.3 is 0 Å². The molecule has 0 saturated heterocycles. The van der Waals surface area contributed by atoms with Crippen molar-refractivity contribution in [1.29, 1.82) is 0 Å². The fourth-order valence-electron chi connectivity index (χ4n) is 2.57. The summed E-state index contributed by atoms with van der Waals surface area (Å²) in [4.78, 5) is 4.35. The van der Waals surface area contributed by atoms with E-state index in [0.717, 1.165) is 16.9 Å². The Morgan fingerprint density at radius 1 is 1.08 bits per heavy atom. The van der Waals surface area contributed by atoms with Crippen LogP contribution in [0.1, 0.15) is 28.5 Å².